The number of aryl methyl sites for hydroxylation is 1. The van der Waals surface area contributed by atoms with E-state index in [1.807, 2.05) is 0 Å². The van der Waals surface area contributed by atoms with Crippen LogP contribution < -0.4 is 4.74 Å². The summed E-state index contributed by atoms with van der Waals surface area (Å²) < 4.78 is 57.8. The van der Waals surface area contributed by atoms with E-state index in [2.05, 4.69) is 9.97 Å². The number of hydrogen-bond donors (Lipinski definition) is 0. The van der Waals surface area contributed by atoms with Gasteiger partial charge in [-0.05, 0) is 36.8 Å². The summed E-state index contributed by atoms with van der Waals surface area (Å²) in [6, 6.07) is 6.34. The lowest BCUT2D eigenvalue weighted by molar-refractivity contribution is -0.141. The average Bonchev–Trinajstić information content (AvgIpc) is 2.49. The highest BCUT2D eigenvalue weighted by atomic mass is 35.5. The van der Waals surface area contributed by atoms with E-state index in [0.717, 1.165) is 12.1 Å². The van der Waals surface area contributed by atoms with E-state index in [1.54, 1.807) is 0 Å². The lowest BCUT2D eigenvalue weighted by Gasteiger charge is -2.13. The second-order valence-corrected chi connectivity index (χ2v) is 5.45. The van der Waals surface area contributed by atoms with Crippen LogP contribution in [0.25, 0.3) is 10.9 Å². The molecule has 0 unspecified atom stereocenters. The van der Waals surface area contributed by atoms with Crippen LogP contribution in [0.15, 0.2) is 36.5 Å². The quantitative estimate of drug-likeness (QED) is 0.565. The molecule has 0 aliphatic rings. The monoisotopic (exact) mass is 356 g/mol. The lowest BCUT2D eigenvalue weighted by atomic mass is 10.1. The van der Waals surface area contributed by atoms with Crippen molar-refractivity contribution in [2.75, 3.05) is 0 Å². The minimum absolute atomic E-state index is 0.0918. The fourth-order valence-corrected chi connectivity index (χ4v) is 2.40. The highest BCUT2D eigenvalue weighted by Gasteiger charge is 2.33. The first-order valence-corrected chi connectivity index (χ1v) is 7.10. The van der Waals surface area contributed by atoms with E-state index in [-0.39, 0.29) is 22.2 Å². The molecule has 2 heterocycles. The molecule has 0 fully saturated rings. The molecule has 24 heavy (non-hydrogen) atoms. The molecule has 0 aliphatic heterocycles. The number of alkyl halides is 3. The Labute approximate surface area is 138 Å². The summed E-state index contributed by atoms with van der Waals surface area (Å²) in [6.07, 6.45) is -3.35. The molecule has 0 bridgehead atoms. The van der Waals surface area contributed by atoms with Crippen LogP contribution in [0.3, 0.4) is 0 Å². The molecular weight excluding hydrogens is 348 g/mol. The Balaban J connectivity index is 2.12. The number of aromatic nitrogens is 2. The van der Waals surface area contributed by atoms with Crippen molar-refractivity contribution < 1.29 is 22.3 Å². The van der Waals surface area contributed by atoms with Crippen molar-refractivity contribution in [2.24, 2.45) is 0 Å². The van der Waals surface area contributed by atoms with Crippen molar-refractivity contribution >= 4 is 22.5 Å². The van der Waals surface area contributed by atoms with Crippen molar-refractivity contribution in [3.63, 3.8) is 0 Å². The largest absolute Gasteiger partial charge is 0.436 e. The normalized spacial score (nSPS) is 11.8. The highest BCUT2D eigenvalue weighted by molar-refractivity contribution is 6.30. The number of hydrogen-bond acceptors (Lipinski definition) is 3. The van der Waals surface area contributed by atoms with E-state index < -0.39 is 17.7 Å². The van der Waals surface area contributed by atoms with Gasteiger partial charge in [-0.2, -0.15) is 13.2 Å². The molecule has 0 N–H and O–H groups in total. The molecule has 8 heteroatoms. The van der Waals surface area contributed by atoms with Crippen LogP contribution in [0.2, 0.25) is 5.02 Å². The van der Waals surface area contributed by atoms with Gasteiger partial charge in [0.15, 0.2) is 5.82 Å². The second-order valence-electron chi connectivity index (χ2n) is 5.02. The first-order valence-electron chi connectivity index (χ1n) is 6.72. The topological polar surface area (TPSA) is 35.0 Å². The average molecular weight is 357 g/mol. The van der Waals surface area contributed by atoms with E-state index in [1.165, 1.54) is 31.3 Å². The van der Waals surface area contributed by atoms with Gasteiger partial charge in [-0.3, -0.25) is 0 Å². The SMILES string of the molecule is Cc1cc(C(F)(F)F)nc2cccc(Oc3ncc(Cl)cc3F)c12. The van der Waals surface area contributed by atoms with E-state index in [0.29, 0.717) is 10.9 Å². The number of pyridine rings is 2. The molecule has 1 aromatic carbocycles. The van der Waals surface area contributed by atoms with E-state index >= 15 is 0 Å². The summed E-state index contributed by atoms with van der Waals surface area (Å²) in [7, 11) is 0. The summed E-state index contributed by atoms with van der Waals surface area (Å²) >= 11 is 5.63. The Morgan fingerprint density at radius 1 is 1.17 bits per heavy atom. The third-order valence-electron chi connectivity index (χ3n) is 3.26. The Bertz CT molecular complexity index is 928. The van der Waals surface area contributed by atoms with Crippen molar-refractivity contribution in [1.29, 1.82) is 0 Å². The van der Waals surface area contributed by atoms with Crippen molar-refractivity contribution in [3.8, 4) is 11.6 Å². The predicted molar refractivity (Wildman–Crippen MR) is 80.8 cm³/mol. The molecule has 2 aromatic heterocycles. The number of benzene rings is 1. The van der Waals surface area contributed by atoms with Gasteiger partial charge >= 0.3 is 6.18 Å². The summed E-state index contributed by atoms with van der Waals surface area (Å²) in [5.74, 6) is -0.955. The summed E-state index contributed by atoms with van der Waals surface area (Å²) in [5.41, 5.74) is -0.605. The summed E-state index contributed by atoms with van der Waals surface area (Å²) in [5, 5.41) is 0.451. The first kappa shape index (κ1) is 16.4. The van der Waals surface area contributed by atoms with E-state index in [4.69, 9.17) is 16.3 Å². The Kier molecular flexibility index (Phi) is 4.04. The zero-order chi connectivity index (χ0) is 17.5. The first-order chi connectivity index (χ1) is 11.3. The molecule has 0 spiro atoms. The molecule has 0 aliphatic carbocycles. The number of nitrogens with zero attached hydrogens (tertiary/aromatic N) is 2. The fraction of sp³-hybridized carbons (Fsp3) is 0.125. The zero-order valence-electron chi connectivity index (χ0n) is 12.2. The van der Waals surface area contributed by atoms with Gasteiger partial charge in [0.1, 0.15) is 11.4 Å². The summed E-state index contributed by atoms with van der Waals surface area (Å²) in [4.78, 5) is 7.34. The van der Waals surface area contributed by atoms with Crippen LogP contribution >= 0.6 is 11.6 Å². The van der Waals surface area contributed by atoms with Gasteiger partial charge < -0.3 is 4.74 Å². The predicted octanol–water partition coefficient (Wildman–Crippen LogP) is 5.54. The molecule has 0 radical (unpaired) electrons. The molecule has 124 valence electrons. The van der Waals surface area contributed by atoms with Gasteiger partial charge in [-0.15, -0.1) is 0 Å². The third-order valence-corrected chi connectivity index (χ3v) is 3.47. The standard InChI is InChI=1S/C16H9ClF4N2O/c1-8-5-13(16(19,20)21)23-11-3-2-4-12(14(8)11)24-15-10(18)6-9(17)7-22-15/h2-7H,1H3. The van der Waals surface area contributed by atoms with Crippen molar-refractivity contribution in [1.82, 2.24) is 9.97 Å². The molecule has 3 rings (SSSR count). The molecule has 3 aromatic rings. The van der Waals surface area contributed by atoms with Gasteiger partial charge in [-0.25, -0.2) is 14.4 Å². The molecule has 0 atom stereocenters. The van der Waals surface area contributed by atoms with Gasteiger partial charge in [0.05, 0.1) is 10.5 Å². The number of halogens is 5. The smallest absolute Gasteiger partial charge is 0.433 e. The van der Waals surface area contributed by atoms with Gasteiger partial charge in [0, 0.05) is 11.6 Å². The van der Waals surface area contributed by atoms with Crippen LogP contribution in [0.5, 0.6) is 11.6 Å². The maximum Gasteiger partial charge on any atom is 0.433 e. The van der Waals surface area contributed by atoms with Gasteiger partial charge in [-0.1, -0.05) is 17.7 Å². The van der Waals surface area contributed by atoms with E-state index in [9.17, 15) is 17.6 Å². The van der Waals surface area contributed by atoms with Crippen LogP contribution in [-0.4, -0.2) is 9.97 Å². The Morgan fingerprint density at radius 3 is 2.58 bits per heavy atom. The van der Waals surface area contributed by atoms with Crippen LogP contribution in [0.1, 0.15) is 11.3 Å². The minimum atomic E-state index is -4.56. The molecule has 0 amide bonds. The third kappa shape index (κ3) is 3.12. The zero-order valence-corrected chi connectivity index (χ0v) is 12.9. The molecule has 3 nitrogen and oxygen atoms in total. The Morgan fingerprint density at radius 2 is 1.92 bits per heavy atom. The maximum absolute atomic E-state index is 13.8. The number of fused-ring (bicyclic) bond motifs is 1. The highest BCUT2D eigenvalue weighted by Crippen LogP contribution is 2.35. The number of ether oxygens (including phenoxy) is 1. The van der Waals surface area contributed by atoms with Crippen LogP contribution in [-0.2, 0) is 6.18 Å². The minimum Gasteiger partial charge on any atom is -0.436 e. The second kappa shape index (κ2) is 5.90. The molecular formula is C16H9ClF4N2O. The van der Waals surface area contributed by atoms with Crippen molar-refractivity contribution in [2.45, 2.75) is 13.1 Å². The molecule has 0 saturated heterocycles. The summed E-state index contributed by atoms with van der Waals surface area (Å²) in [6.45, 7) is 1.50. The lowest BCUT2D eigenvalue weighted by Crippen LogP contribution is -2.08. The fourth-order valence-electron chi connectivity index (χ4n) is 2.26. The van der Waals surface area contributed by atoms with Crippen LogP contribution in [0.4, 0.5) is 17.6 Å². The van der Waals surface area contributed by atoms with Crippen LogP contribution in [0, 0.1) is 12.7 Å². The Hall–Kier alpha value is -2.41. The van der Waals surface area contributed by atoms with Gasteiger partial charge in [0.25, 0.3) is 5.88 Å². The maximum atomic E-state index is 13.8. The van der Waals surface area contributed by atoms with Gasteiger partial charge in [0.2, 0.25) is 0 Å². The number of rotatable bonds is 2. The molecule has 0 saturated carbocycles. The van der Waals surface area contributed by atoms with Crippen molar-refractivity contribution in [3.05, 3.63) is 58.6 Å².